The number of carbonyl (C=O) groups excluding carboxylic acids is 1. The molecule has 0 aliphatic carbocycles. The molecule has 0 aliphatic heterocycles. The van der Waals surface area contributed by atoms with E-state index in [2.05, 4.69) is 20.9 Å². The zero-order valence-electron chi connectivity index (χ0n) is 13.7. The van der Waals surface area contributed by atoms with Crippen molar-refractivity contribution in [3.63, 3.8) is 0 Å². The molecule has 7 heteroatoms. The Labute approximate surface area is 166 Å². The number of aromatic nitrogens is 1. The average molecular weight is 445 g/mol. The van der Waals surface area contributed by atoms with Crippen molar-refractivity contribution in [2.75, 3.05) is 0 Å². The van der Waals surface area contributed by atoms with E-state index in [1.165, 1.54) is 6.07 Å². The molecule has 4 rings (SSSR count). The van der Waals surface area contributed by atoms with Crippen molar-refractivity contribution >= 4 is 55.4 Å². The fraction of sp³-hybridized carbons (Fsp3) is 0.0500. The first-order valence-electron chi connectivity index (χ1n) is 7.95. The maximum absolute atomic E-state index is 12.4. The van der Waals surface area contributed by atoms with Gasteiger partial charge in [-0.2, -0.15) is 0 Å². The second kappa shape index (κ2) is 7.13. The number of carbonyl (C=O) groups is 1. The average Bonchev–Trinajstić information content (AvgIpc) is 2.64. The Morgan fingerprint density at radius 2 is 1.96 bits per heavy atom. The number of benzene rings is 2. The van der Waals surface area contributed by atoms with Gasteiger partial charge in [-0.05, 0) is 48.5 Å². The van der Waals surface area contributed by atoms with Gasteiger partial charge < -0.3 is 9.15 Å². The molecule has 2 heterocycles. The third-order valence-corrected chi connectivity index (χ3v) is 4.75. The molecule has 4 aromatic rings. The second-order valence-corrected chi connectivity index (χ2v) is 7.15. The number of rotatable bonds is 3. The van der Waals surface area contributed by atoms with Crippen LogP contribution < -0.4 is 5.63 Å². The predicted molar refractivity (Wildman–Crippen MR) is 106 cm³/mol. The minimum Gasteiger partial charge on any atom is -0.457 e. The highest BCUT2D eigenvalue weighted by atomic mass is 79.9. The number of fused-ring (bicyclic) bond motifs is 2. The maximum atomic E-state index is 12.4. The van der Waals surface area contributed by atoms with Gasteiger partial charge in [-0.15, -0.1) is 0 Å². The van der Waals surface area contributed by atoms with E-state index in [1.54, 1.807) is 42.5 Å². The Morgan fingerprint density at radius 3 is 2.81 bits per heavy atom. The Hall–Kier alpha value is -2.70. The van der Waals surface area contributed by atoms with E-state index in [0.717, 1.165) is 9.86 Å². The number of nitrogens with zero attached hydrogens (tertiary/aromatic N) is 1. The van der Waals surface area contributed by atoms with E-state index >= 15 is 0 Å². The smallest absolute Gasteiger partial charge is 0.338 e. The molecule has 0 radical (unpaired) electrons. The molecule has 2 aromatic carbocycles. The second-order valence-electron chi connectivity index (χ2n) is 5.85. The van der Waals surface area contributed by atoms with Crippen molar-refractivity contribution in [2.24, 2.45) is 0 Å². The Morgan fingerprint density at radius 1 is 1.11 bits per heavy atom. The van der Waals surface area contributed by atoms with Crippen LogP contribution in [0.2, 0.25) is 5.15 Å². The fourth-order valence-corrected chi connectivity index (χ4v) is 3.27. The van der Waals surface area contributed by atoms with Crippen LogP contribution in [0.1, 0.15) is 15.9 Å². The van der Waals surface area contributed by atoms with Crippen LogP contribution in [-0.4, -0.2) is 11.0 Å². The standard InChI is InChI=1S/C20H11BrClNO4/c21-14-3-4-15-13(8-19(24)27-17(15)9-14)10-26-20(25)12-1-5-16-11(7-12)2-6-18(22)23-16/h1-9H,10H2. The SMILES string of the molecule is O=C(OCc1cc(=O)oc2cc(Br)ccc12)c1ccc2nc(Cl)ccc2c1. The first kappa shape index (κ1) is 17.7. The van der Waals surface area contributed by atoms with Crippen LogP contribution in [0.4, 0.5) is 0 Å². The van der Waals surface area contributed by atoms with Crippen LogP contribution in [0.25, 0.3) is 21.9 Å². The molecule has 0 bridgehead atoms. The predicted octanol–water partition coefficient (Wildman–Crippen LogP) is 5.11. The number of hydrogen-bond donors (Lipinski definition) is 0. The molecular formula is C20H11BrClNO4. The molecule has 0 saturated heterocycles. The summed E-state index contributed by atoms with van der Waals surface area (Å²) in [6, 6.07) is 15.1. The Bertz CT molecular complexity index is 1250. The Balaban J connectivity index is 1.60. The lowest BCUT2D eigenvalue weighted by Crippen LogP contribution is -2.08. The van der Waals surface area contributed by atoms with Crippen molar-refractivity contribution in [3.8, 4) is 0 Å². The first-order chi connectivity index (χ1) is 13.0. The molecule has 27 heavy (non-hydrogen) atoms. The van der Waals surface area contributed by atoms with E-state index in [9.17, 15) is 9.59 Å². The van der Waals surface area contributed by atoms with Crippen LogP contribution in [0.15, 0.2) is 68.3 Å². The lowest BCUT2D eigenvalue weighted by Gasteiger charge is -2.08. The van der Waals surface area contributed by atoms with Crippen LogP contribution in [0.3, 0.4) is 0 Å². The molecule has 0 aliphatic rings. The number of hydrogen-bond acceptors (Lipinski definition) is 5. The number of halogens is 2. The molecular weight excluding hydrogens is 434 g/mol. The quantitative estimate of drug-likeness (QED) is 0.249. The molecule has 0 fully saturated rings. The van der Waals surface area contributed by atoms with Crippen LogP contribution in [0.5, 0.6) is 0 Å². The number of esters is 1. The van der Waals surface area contributed by atoms with Crippen molar-refractivity contribution in [2.45, 2.75) is 6.61 Å². The van der Waals surface area contributed by atoms with Crippen LogP contribution in [-0.2, 0) is 11.3 Å². The molecule has 0 unspecified atom stereocenters. The third-order valence-electron chi connectivity index (χ3n) is 4.04. The first-order valence-corrected chi connectivity index (χ1v) is 9.12. The number of pyridine rings is 1. The molecule has 0 N–H and O–H groups in total. The van der Waals surface area contributed by atoms with Crippen molar-refractivity contribution in [1.29, 1.82) is 0 Å². The summed E-state index contributed by atoms with van der Waals surface area (Å²) in [7, 11) is 0. The highest BCUT2D eigenvalue weighted by Crippen LogP contribution is 2.23. The summed E-state index contributed by atoms with van der Waals surface area (Å²) < 4.78 is 11.4. The zero-order chi connectivity index (χ0) is 19.0. The van der Waals surface area contributed by atoms with Gasteiger partial charge in [0.25, 0.3) is 0 Å². The third kappa shape index (κ3) is 3.72. The van der Waals surface area contributed by atoms with E-state index < -0.39 is 11.6 Å². The van der Waals surface area contributed by atoms with Gasteiger partial charge >= 0.3 is 11.6 Å². The summed E-state index contributed by atoms with van der Waals surface area (Å²) in [4.78, 5) is 28.4. The normalized spacial score (nSPS) is 11.0. The summed E-state index contributed by atoms with van der Waals surface area (Å²) in [5, 5.41) is 1.88. The zero-order valence-corrected chi connectivity index (χ0v) is 16.1. The van der Waals surface area contributed by atoms with Gasteiger partial charge in [0, 0.05) is 26.9 Å². The topological polar surface area (TPSA) is 69.4 Å². The monoisotopic (exact) mass is 443 g/mol. The molecule has 5 nitrogen and oxygen atoms in total. The van der Waals surface area contributed by atoms with Crippen molar-refractivity contribution in [1.82, 2.24) is 4.98 Å². The summed E-state index contributed by atoms with van der Waals surface area (Å²) in [5.41, 5.74) is 1.59. The molecule has 0 atom stereocenters. The summed E-state index contributed by atoms with van der Waals surface area (Å²) in [6.07, 6.45) is 0. The molecule has 0 amide bonds. The van der Waals surface area contributed by atoms with Gasteiger partial charge in [0.2, 0.25) is 0 Å². The van der Waals surface area contributed by atoms with Crippen LogP contribution >= 0.6 is 27.5 Å². The molecule has 134 valence electrons. The molecule has 0 spiro atoms. The summed E-state index contributed by atoms with van der Waals surface area (Å²) in [6.45, 7) is -0.0422. The lowest BCUT2D eigenvalue weighted by atomic mass is 10.1. The van der Waals surface area contributed by atoms with E-state index in [1.807, 2.05) is 6.07 Å². The molecule has 2 aromatic heterocycles. The summed E-state index contributed by atoms with van der Waals surface area (Å²) >= 11 is 9.21. The van der Waals surface area contributed by atoms with Gasteiger partial charge in [-0.25, -0.2) is 14.6 Å². The van der Waals surface area contributed by atoms with Gasteiger partial charge in [0.15, 0.2) is 0 Å². The highest BCUT2D eigenvalue weighted by Gasteiger charge is 2.12. The largest absolute Gasteiger partial charge is 0.457 e. The van der Waals surface area contributed by atoms with E-state index in [0.29, 0.717) is 32.8 Å². The van der Waals surface area contributed by atoms with Gasteiger partial charge in [-0.1, -0.05) is 27.5 Å². The van der Waals surface area contributed by atoms with Gasteiger partial charge in [0.1, 0.15) is 17.3 Å². The van der Waals surface area contributed by atoms with Crippen molar-refractivity contribution < 1.29 is 13.9 Å². The molecule has 0 saturated carbocycles. The summed E-state index contributed by atoms with van der Waals surface area (Å²) in [5.74, 6) is -0.495. The van der Waals surface area contributed by atoms with Gasteiger partial charge in [0.05, 0.1) is 11.1 Å². The minimum absolute atomic E-state index is 0.0422. The van der Waals surface area contributed by atoms with E-state index in [4.69, 9.17) is 20.8 Å². The minimum atomic E-state index is -0.500. The van der Waals surface area contributed by atoms with Crippen molar-refractivity contribution in [3.05, 3.63) is 85.8 Å². The fourth-order valence-electron chi connectivity index (χ4n) is 2.78. The lowest BCUT2D eigenvalue weighted by molar-refractivity contribution is 0.0474. The number of ether oxygens (including phenoxy) is 1. The van der Waals surface area contributed by atoms with Crippen LogP contribution in [0, 0.1) is 0 Å². The highest BCUT2D eigenvalue weighted by molar-refractivity contribution is 9.10. The maximum Gasteiger partial charge on any atom is 0.338 e. The van der Waals surface area contributed by atoms with Gasteiger partial charge in [-0.3, -0.25) is 0 Å². The van der Waals surface area contributed by atoms with E-state index in [-0.39, 0.29) is 6.61 Å². The Kier molecular flexibility index (Phi) is 4.68.